The molecule has 1 saturated carbocycles. The van der Waals surface area contributed by atoms with E-state index in [2.05, 4.69) is 34.8 Å². The number of unbranched alkanes of at least 4 members (excludes halogenated alkanes) is 3. The number of rotatable bonds is 10. The van der Waals surface area contributed by atoms with Crippen LogP contribution in [0.1, 0.15) is 52.4 Å². The Kier molecular flexibility index (Phi) is 8.83. The van der Waals surface area contributed by atoms with Crippen molar-refractivity contribution in [1.29, 1.82) is 0 Å². The van der Waals surface area contributed by atoms with Gasteiger partial charge in [-0.3, -0.25) is 9.79 Å². The lowest BCUT2D eigenvalue weighted by Gasteiger charge is -2.11. The largest absolute Gasteiger partial charge is 0.357 e. The molecule has 0 radical (unpaired) electrons. The Bertz CT molecular complexity index is 300. The molecule has 5 nitrogen and oxygen atoms in total. The molecule has 0 aromatic heterocycles. The maximum absolute atomic E-state index is 11.5. The summed E-state index contributed by atoms with van der Waals surface area (Å²) in [5.41, 5.74) is 0. The average Bonchev–Trinajstić information content (AvgIpc) is 3.27. The first kappa shape index (κ1) is 16.8. The quantitative estimate of drug-likeness (QED) is 0.324. The Hall–Kier alpha value is -1.26. The molecule has 0 aliphatic heterocycles. The molecule has 20 heavy (non-hydrogen) atoms. The number of amides is 1. The van der Waals surface area contributed by atoms with Crippen LogP contribution in [0.4, 0.5) is 0 Å². The summed E-state index contributed by atoms with van der Waals surface area (Å²) in [4.78, 5) is 16.0. The molecular formula is C15H30N4O. The van der Waals surface area contributed by atoms with Crippen molar-refractivity contribution in [3.63, 3.8) is 0 Å². The molecule has 0 bridgehead atoms. The van der Waals surface area contributed by atoms with E-state index in [0.29, 0.717) is 6.54 Å². The molecule has 3 N–H and O–H groups in total. The van der Waals surface area contributed by atoms with Crippen LogP contribution in [0.25, 0.3) is 0 Å². The molecular weight excluding hydrogens is 252 g/mol. The van der Waals surface area contributed by atoms with Crippen LogP contribution in [0.3, 0.4) is 0 Å². The first-order valence-corrected chi connectivity index (χ1v) is 8.07. The van der Waals surface area contributed by atoms with Gasteiger partial charge in [-0.15, -0.1) is 0 Å². The first-order valence-electron chi connectivity index (χ1n) is 8.07. The minimum atomic E-state index is 0.202. The summed E-state index contributed by atoms with van der Waals surface area (Å²) in [6, 6.07) is 0. The van der Waals surface area contributed by atoms with E-state index in [1.807, 2.05) is 0 Å². The van der Waals surface area contributed by atoms with Gasteiger partial charge < -0.3 is 16.0 Å². The van der Waals surface area contributed by atoms with Crippen LogP contribution in [0.2, 0.25) is 0 Å². The summed E-state index contributed by atoms with van der Waals surface area (Å²) >= 11 is 0. The van der Waals surface area contributed by atoms with E-state index in [1.54, 1.807) is 0 Å². The van der Waals surface area contributed by atoms with Crippen molar-refractivity contribution >= 4 is 11.9 Å². The van der Waals surface area contributed by atoms with Crippen molar-refractivity contribution in [3.05, 3.63) is 0 Å². The fourth-order valence-electron chi connectivity index (χ4n) is 1.93. The van der Waals surface area contributed by atoms with Gasteiger partial charge in [-0.05, 0) is 26.2 Å². The van der Waals surface area contributed by atoms with Gasteiger partial charge in [0.15, 0.2) is 5.96 Å². The van der Waals surface area contributed by atoms with Gasteiger partial charge in [0.2, 0.25) is 5.91 Å². The van der Waals surface area contributed by atoms with Crippen LogP contribution < -0.4 is 16.0 Å². The number of guanidine groups is 1. The molecule has 1 amide bonds. The average molecular weight is 282 g/mol. The van der Waals surface area contributed by atoms with Gasteiger partial charge >= 0.3 is 0 Å². The second kappa shape index (κ2) is 10.5. The SMILES string of the molecule is CCCCCCN=C(NCC)NCCNC(=O)C1CC1. The summed E-state index contributed by atoms with van der Waals surface area (Å²) in [5.74, 6) is 1.34. The number of hydrogen-bond acceptors (Lipinski definition) is 2. The third kappa shape index (κ3) is 8.02. The molecule has 0 heterocycles. The van der Waals surface area contributed by atoms with Crippen LogP contribution in [-0.4, -0.2) is 38.0 Å². The molecule has 1 aliphatic carbocycles. The molecule has 0 aromatic carbocycles. The molecule has 0 saturated heterocycles. The van der Waals surface area contributed by atoms with Gasteiger partial charge in [0.05, 0.1) is 0 Å². The van der Waals surface area contributed by atoms with Gasteiger partial charge in [-0.1, -0.05) is 26.2 Å². The second-order valence-corrected chi connectivity index (χ2v) is 5.31. The van der Waals surface area contributed by atoms with E-state index < -0.39 is 0 Å². The highest BCUT2D eigenvalue weighted by Gasteiger charge is 2.28. The maximum Gasteiger partial charge on any atom is 0.223 e. The second-order valence-electron chi connectivity index (χ2n) is 5.31. The summed E-state index contributed by atoms with van der Waals surface area (Å²) in [7, 11) is 0. The fraction of sp³-hybridized carbons (Fsp3) is 0.867. The van der Waals surface area contributed by atoms with Crippen LogP contribution >= 0.6 is 0 Å². The van der Waals surface area contributed by atoms with E-state index in [1.165, 1.54) is 19.3 Å². The number of carbonyl (C=O) groups excluding carboxylic acids is 1. The Labute approximate surface area is 123 Å². The monoisotopic (exact) mass is 282 g/mol. The standard InChI is InChI=1S/C15H30N4O/c1-3-5-6-7-10-18-15(16-4-2)19-12-11-17-14(20)13-8-9-13/h13H,3-12H2,1-2H3,(H,17,20)(H2,16,18,19). The predicted octanol–water partition coefficient (Wildman–Crippen LogP) is 1.65. The summed E-state index contributed by atoms with van der Waals surface area (Å²) in [5, 5.41) is 9.42. The smallest absolute Gasteiger partial charge is 0.223 e. The van der Waals surface area contributed by atoms with Crippen LogP contribution in [0.5, 0.6) is 0 Å². The van der Waals surface area contributed by atoms with Crippen LogP contribution in [0, 0.1) is 5.92 Å². The van der Waals surface area contributed by atoms with Crippen LogP contribution in [0.15, 0.2) is 4.99 Å². The van der Waals surface area contributed by atoms with E-state index in [-0.39, 0.29) is 11.8 Å². The number of hydrogen-bond donors (Lipinski definition) is 3. The lowest BCUT2D eigenvalue weighted by atomic mass is 10.2. The molecule has 5 heteroatoms. The molecule has 0 aromatic rings. The minimum Gasteiger partial charge on any atom is -0.357 e. The number of nitrogens with zero attached hydrogens (tertiary/aromatic N) is 1. The van der Waals surface area contributed by atoms with E-state index in [4.69, 9.17) is 0 Å². The zero-order valence-electron chi connectivity index (χ0n) is 13.0. The van der Waals surface area contributed by atoms with E-state index in [9.17, 15) is 4.79 Å². The zero-order valence-corrected chi connectivity index (χ0v) is 13.0. The van der Waals surface area contributed by atoms with Gasteiger partial charge in [-0.25, -0.2) is 0 Å². The third-order valence-electron chi connectivity index (χ3n) is 3.29. The summed E-state index contributed by atoms with van der Waals surface area (Å²) in [6.07, 6.45) is 7.04. The Morgan fingerprint density at radius 2 is 1.80 bits per heavy atom. The van der Waals surface area contributed by atoms with Gasteiger partial charge in [-0.2, -0.15) is 0 Å². The van der Waals surface area contributed by atoms with Crippen LogP contribution in [-0.2, 0) is 4.79 Å². The van der Waals surface area contributed by atoms with Crippen molar-refractivity contribution in [2.24, 2.45) is 10.9 Å². The van der Waals surface area contributed by atoms with Gasteiger partial charge in [0.1, 0.15) is 0 Å². The number of aliphatic imine (C=N–C) groups is 1. The molecule has 116 valence electrons. The molecule has 1 fully saturated rings. The normalized spacial score (nSPS) is 15.0. The zero-order chi connectivity index (χ0) is 14.6. The van der Waals surface area contributed by atoms with E-state index >= 15 is 0 Å². The predicted molar refractivity (Wildman–Crippen MR) is 83.9 cm³/mol. The third-order valence-corrected chi connectivity index (χ3v) is 3.29. The van der Waals surface area contributed by atoms with Crippen molar-refractivity contribution in [2.75, 3.05) is 26.2 Å². The van der Waals surface area contributed by atoms with E-state index in [0.717, 1.165) is 44.9 Å². The molecule has 0 atom stereocenters. The van der Waals surface area contributed by atoms with Crippen molar-refractivity contribution in [1.82, 2.24) is 16.0 Å². The fourth-order valence-corrected chi connectivity index (χ4v) is 1.93. The van der Waals surface area contributed by atoms with Crippen molar-refractivity contribution in [3.8, 4) is 0 Å². The van der Waals surface area contributed by atoms with Crippen molar-refractivity contribution in [2.45, 2.75) is 52.4 Å². The Balaban J connectivity index is 2.09. The lowest BCUT2D eigenvalue weighted by molar-refractivity contribution is -0.122. The Morgan fingerprint density at radius 3 is 2.45 bits per heavy atom. The lowest BCUT2D eigenvalue weighted by Crippen LogP contribution is -2.41. The molecule has 0 spiro atoms. The molecule has 1 rings (SSSR count). The number of carbonyl (C=O) groups is 1. The molecule has 0 unspecified atom stereocenters. The van der Waals surface area contributed by atoms with Crippen molar-refractivity contribution < 1.29 is 4.79 Å². The number of nitrogens with one attached hydrogen (secondary N) is 3. The first-order chi connectivity index (χ1) is 9.77. The van der Waals surface area contributed by atoms with Gasteiger partial charge in [0, 0.05) is 32.1 Å². The van der Waals surface area contributed by atoms with Gasteiger partial charge in [0.25, 0.3) is 0 Å². The maximum atomic E-state index is 11.5. The minimum absolute atomic E-state index is 0.202. The topological polar surface area (TPSA) is 65.5 Å². The summed E-state index contributed by atoms with van der Waals surface area (Å²) in [6.45, 7) is 7.38. The Morgan fingerprint density at radius 1 is 1.05 bits per heavy atom. The highest BCUT2D eigenvalue weighted by molar-refractivity contribution is 5.81. The highest BCUT2D eigenvalue weighted by atomic mass is 16.2. The highest BCUT2D eigenvalue weighted by Crippen LogP contribution is 2.28. The summed E-state index contributed by atoms with van der Waals surface area (Å²) < 4.78 is 0. The molecule has 1 aliphatic rings.